The van der Waals surface area contributed by atoms with Crippen molar-refractivity contribution >= 4 is 17.5 Å². The van der Waals surface area contributed by atoms with Crippen molar-refractivity contribution in [1.29, 1.82) is 0 Å². The third kappa shape index (κ3) is 3.08. The van der Waals surface area contributed by atoms with Crippen LogP contribution in [-0.2, 0) is 20.7 Å². The number of nitrogens with zero attached hydrogens (tertiary/aromatic N) is 1. The predicted molar refractivity (Wildman–Crippen MR) is 112 cm³/mol. The van der Waals surface area contributed by atoms with Gasteiger partial charge in [-0.25, -0.2) is 0 Å². The first kappa shape index (κ1) is 18.9. The summed E-state index contributed by atoms with van der Waals surface area (Å²) in [5, 5.41) is 2.94. The highest BCUT2D eigenvalue weighted by atomic mass is 16.5. The predicted octanol–water partition coefficient (Wildman–Crippen LogP) is 2.66. The van der Waals surface area contributed by atoms with Crippen LogP contribution in [0.5, 0.6) is 5.75 Å². The standard InChI is InChI=1S/C24H24N2O4/c1-29-18-9-5-8-17(14-18)25-22(27)20-19-10-12-24(30-19)15-26(23(28)21(20)24)13-11-16-6-3-2-4-7-16/h2-10,12,14,19-21H,11,13,15H2,1H3,(H,25,27)/t19-,20-,21-,24+/m1/s1. The van der Waals surface area contributed by atoms with Crippen LogP contribution in [0.15, 0.2) is 66.7 Å². The molecule has 2 fully saturated rings. The molecule has 3 heterocycles. The number of rotatable bonds is 6. The van der Waals surface area contributed by atoms with Gasteiger partial charge in [-0.2, -0.15) is 0 Å². The molecule has 1 spiro atoms. The summed E-state index contributed by atoms with van der Waals surface area (Å²) in [4.78, 5) is 28.3. The van der Waals surface area contributed by atoms with Crippen LogP contribution in [0.2, 0.25) is 0 Å². The number of carbonyl (C=O) groups excluding carboxylic acids is 2. The van der Waals surface area contributed by atoms with Gasteiger partial charge in [0, 0.05) is 18.3 Å². The highest BCUT2D eigenvalue weighted by Crippen LogP contribution is 2.52. The zero-order valence-electron chi connectivity index (χ0n) is 16.8. The minimum atomic E-state index is -0.686. The van der Waals surface area contributed by atoms with Gasteiger partial charge < -0.3 is 19.7 Å². The highest BCUT2D eigenvalue weighted by Gasteiger charge is 2.66. The van der Waals surface area contributed by atoms with Gasteiger partial charge in [-0.3, -0.25) is 9.59 Å². The Morgan fingerprint density at radius 1 is 1.23 bits per heavy atom. The monoisotopic (exact) mass is 404 g/mol. The van der Waals surface area contributed by atoms with Crippen molar-refractivity contribution in [3.63, 3.8) is 0 Å². The summed E-state index contributed by atoms with van der Waals surface area (Å²) >= 11 is 0. The van der Waals surface area contributed by atoms with Crippen LogP contribution in [-0.4, -0.2) is 48.6 Å². The lowest BCUT2D eigenvalue weighted by Crippen LogP contribution is -2.41. The van der Waals surface area contributed by atoms with Crippen LogP contribution in [0.25, 0.3) is 0 Å². The smallest absolute Gasteiger partial charge is 0.231 e. The number of benzene rings is 2. The molecule has 6 heteroatoms. The molecule has 2 saturated heterocycles. The number of likely N-dealkylation sites (tertiary alicyclic amines) is 1. The maximum absolute atomic E-state index is 13.3. The molecule has 0 aromatic heterocycles. The maximum atomic E-state index is 13.3. The van der Waals surface area contributed by atoms with Crippen molar-refractivity contribution in [1.82, 2.24) is 4.90 Å². The Morgan fingerprint density at radius 3 is 2.87 bits per heavy atom. The lowest BCUT2D eigenvalue weighted by molar-refractivity contribution is -0.135. The van der Waals surface area contributed by atoms with E-state index in [1.807, 2.05) is 53.5 Å². The lowest BCUT2D eigenvalue weighted by Gasteiger charge is -2.23. The first-order chi connectivity index (χ1) is 14.6. The molecule has 3 aliphatic heterocycles. The van der Waals surface area contributed by atoms with Crippen molar-refractivity contribution in [2.45, 2.75) is 18.1 Å². The Bertz CT molecular complexity index is 1010. The number of nitrogens with one attached hydrogen (secondary N) is 1. The minimum absolute atomic E-state index is 0.00331. The minimum Gasteiger partial charge on any atom is -0.497 e. The Labute approximate surface area is 175 Å². The normalized spacial score (nSPS) is 28.6. The lowest BCUT2D eigenvalue weighted by atomic mass is 9.77. The Morgan fingerprint density at radius 2 is 2.07 bits per heavy atom. The third-order valence-electron chi connectivity index (χ3n) is 6.33. The molecule has 30 heavy (non-hydrogen) atoms. The van der Waals surface area contributed by atoms with Gasteiger partial charge in [0.1, 0.15) is 11.4 Å². The second kappa shape index (κ2) is 7.29. The fourth-order valence-corrected chi connectivity index (χ4v) is 4.90. The van der Waals surface area contributed by atoms with Gasteiger partial charge in [-0.05, 0) is 24.1 Å². The molecule has 3 aliphatic rings. The molecule has 4 atom stereocenters. The molecule has 2 bridgehead atoms. The second-order valence-corrected chi connectivity index (χ2v) is 8.12. The Balaban J connectivity index is 1.32. The van der Waals surface area contributed by atoms with E-state index in [9.17, 15) is 9.59 Å². The summed E-state index contributed by atoms with van der Waals surface area (Å²) in [5.74, 6) is -0.534. The summed E-state index contributed by atoms with van der Waals surface area (Å²) in [6, 6.07) is 17.3. The van der Waals surface area contributed by atoms with E-state index in [0.717, 1.165) is 6.42 Å². The SMILES string of the molecule is COc1cccc(NC(=O)[C@@H]2[C@H]3C=C[C@@]4(CN(CCc5ccccc5)C(=O)[C@@H]24)O3)c1. The van der Waals surface area contributed by atoms with E-state index in [0.29, 0.717) is 24.5 Å². The van der Waals surface area contributed by atoms with Gasteiger partial charge in [0.05, 0.1) is 31.6 Å². The van der Waals surface area contributed by atoms with Crippen molar-refractivity contribution in [3.05, 3.63) is 72.3 Å². The number of ether oxygens (including phenoxy) is 2. The average molecular weight is 404 g/mol. The van der Waals surface area contributed by atoms with Crippen molar-refractivity contribution in [3.8, 4) is 5.75 Å². The summed E-state index contributed by atoms with van der Waals surface area (Å²) in [6.45, 7) is 1.12. The van der Waals surface area contributed by atoms with Crippen molar-refractivity contribution in [2.75, 3.05) is 25.5 Å². The summed E-state index contributed by atoms with van der Waals surface area (Å²) in [5.41, 5.74) is 1.15. The van der Waals surface area contributed by atoms with Crippen LogP contribution in [0.4, 0.5) is 5.69 Å². The number of fused-ring (bicyclic) bond motifs is 1. The van der Waals surface area contributed by atoms with Crippen LogP contribution in [0, 0.1) is 11.8 Å². The number of anilines is 1. The number of amides is 2. The zero-order chi connectivity index (χ0) is 20.7. The molecule has 0 aliphatic carbocycles. The van der Waals surface area contributed by atoms with Gasteiger partial charge in [0.2, 0.25) is 11.8 Å². The molecule has 2 aromatic carbocycles. The number of hydrogen-bond donors (Lipinski definition) is 1. The number of hydrogen-bond acceptors (Lipinski definition) is 4. The summed E-state index contributed by atoms with van der Waals surface area (Å²) in [6.07, 6.45) is 4.34. The third-order valence-corrected chi connectivity index (χ3v) is 6.33. The zero-order valence-corrected chi connectivity index (χ0v) is 16.8. The number of methoxy groups -OCH3 is 1. The molecule has 0 saturated carbocycles. The van der Waals surface area contributed by atoms with E-state index in [1.165, 1.54) is 5.56 Å². The fraction of sp³-hybridized carbons (Fsp3) is 0.333. The molecule has 154 valence electrons. The van der Waals surface area contributed by atoms with E-state index < -0.39 is 17.4 Å². The van der Waals surface area contributed by atoms with E-state index in [-0.39, 0.29) is 17.9 Å². The fourth-order valence-electron chi connectivity index (χ4n) is 4.90. The van der Waals surface area contributed by atoms with E-state index in [1.54, 1.807) is 13.2 Å². The average Bonchev–Trinajstić information content (AvgIpc) is 3.41. The van der Waals surface area contributed by atoms with Crippen LogP contribution in [0.3, 0.4) is 0 Å². The maximum Gasteiger partial charge on any atom is 0.231 e. The van der Waals surface area contributed by atoms with Gasteiger partial charge in [0.15, 0.2) is 0 Å². The van der Waals surface area contributed by atoms with Crippen LogP contribution >= 0.6 is 0 Å². The van der Waals surface area contributed by atoms with Crippen LogP contribution in [0.1, 0.15) is 5.56 Å². The molecule has 2 aromatic rings. The Kier molecular flexibility index (Phi) is 4.59. The van der Waals surface area contributed by atoms with Crippen LogP contribution < -0.4 is 10.1 Å². The molecule has 1 N–H and O–H groups in total. The quantitative estimate of drug-likeness (QED) is 0.752. The highest BCUT2D eigenvalue weighted by molar-refractivity contribution is 5.99. The van der Waals surface area contributed by atoms with E-state index in [4.69, 9.17) is 9.47 Å². The summed E-state index contributed by atoms with van der Waals surface area (Å²) in [7, 11) is 1.58. The van der Waals surface area contributed by atoms with Gasteiger partial charge in [-0.1, -0.05) is 48.6 Å². The van der Waals surface area contributed by atoms with Crippen molar-refractivity contribution < 1.29 is 19.1 Å². The molecule has 2 amide bonds. The van der Waals surface area contributed by atoms with E-state index >= 15 is 0 Å². The molecule has 6 nitrogen and oxygen atoms in total. The van der Waals surface area contributed by atoms with Gasteiger partial charge >= 0.3 is 0 Å². The molecular formula is C24H24N2O4. The topological polar surface area (TPSA) is 67.9 Å². The Hall–Kier alpha value is -3.12. The molecule has 0 unspecified atom stereocenters. The number of carbonyl (C=O) groups is 2. The molecule has 0 radical (unpaired) electrons. The second-order valence-electron chi connectivity index (χ2n) is 8.12. The summed E-state index contributed by atoms with van der Waals surface area (Å²) < 4.78 is 11.4. The molecule has 5 rings (SSSR count). The first-order valence-electron chi connectivity index (χ1n) is 10.2. The largest absolute Gasteiger partial charge is 0.497 e. The molecular weight excluding hydrogens is 380 g/mol. The van der Waals surface area contributed by atoms with E-state index in [2.05, 4.69) is 17.4 Å². The van der Waals surface area contributed by atoms with Gasteiger partial charge in [0.25, 0.3) is 0 Å². The van der Waals surface area contributed by atoms with Gasteiger partial charge in [-0.15, -0.1) is 0 Å². The van der Waals surface area contributed by atoms with Crippen molar-refractivity contribution in [2.24, 2.45) is 11.8 Å². The first-order valence-corrected chi connectivity index (χ1v) is 10.2.